The number of hydrogen-bond donors (Lipinski definition) is 1. The van der Waals surface area contributed by atoms with Crippen molar-refractivity contribution in [3.05, 3.63) is 54.6 Å². The number of pyridine rings is 1. The molecule has 3 heterocycles. The van der Waals surface area contributed by atoms with Gasteiger partial charge in [-0.3, -0.25) is 9.40 Å². The van der Waals surface area contributed by atoms with E-state index in [-0.39, 0.29) is 16.4 Å². The maximum Gasteiger partial charge on any atom is 0.419 e. The number of methoxy groups -OCH3 is 1. The molecule has 0 unspecified atom stereocenters. The average Bonchev–Trinajstić information content (AvgIpc) is 3.36. The van der Waals surface area contributed by atoms with Crippen LogP contribution in [0.25, 0.3) is 16.7 Å². The molecule has 0 aliphatic heterocycles. The van der Waals surface area contributed by atoms with Gasteiger partial charge in [0, 0.05) is 24.8 Å². The summed E-state index contributed by atoms with van der Waals surface area (Å²) in [5.41, 5.74) is -0.223. The number of ether oxygens (including phenoxy) is 1. The van der Waals surface area contributed by atoms with E-state index < -0.39 is 21.8 Å². The predicted octanol–water partition coefficient (Wildman–Crippen LogP) is 2.98. The summed E-state index contributed by atoms with van der Waals surface area (Å²) in [6, 6.07) is 5.83. The molecule has 3 aromatic heterocycles. The molecule has 162 valence electrons. The number of fused-ring (bicyclic) bond motifs is 1. The zero-order valence-electron chi connectivity index (χ0n) is 16.1. The third-order valence-electron chi connectivity index (χ3n) is 4.50. The SMILES string of the molecule is COc1ccc2cnn(C)c2c1NS(=O)(=O)c1ccc(-n2cc(C(F)(F)F)cn2)nc1. The zero-order valence-corrected chi connectivity index (χ0v) is 16.9. The van der Waals surface area contributed by atoms with E-state index >= 15 is 0 Å². The number of sulfonamides is 1. The van der Waals surface area contributed by atoms with Gasteiger partial charge < -0.3 is 4.74 Å². The van der Waals surface area contributed by atoms with Crippen LogP contribution in [0.5, 0.6) is 5.75 Å². The Hall–Kier alpha value is -3.61. The van der Waals surface area contributed by atoms with Gasteiger partial charge in [0.25, 0.3) is 10.0 Å². The number of aromatic nitrogens is 5. The summed E-state index contributed by atoms with van der Waals surface area (Å²) in [7, 11) is -1.02. The van der Waals surface area contributed by atoms with Gasteiger partial charge in [0.15, 0.2) is 5.82 Å². The first-order valence-corrected chi connectivity index (χ1v) is 10.2. The van der Waals surface area contributed by atoms with E-state index in [2.05, 4.69) is 19.9 Å². The van der Waals surface area contributed by atoms with E-state index in [0.29, 0.717) is 22.8 Å². The minimum absolute atomic E-state index is 0.0285. The topological polar surface area (TPSA) is 104 Å². The Labute approximate surface area is 174 Å². The van der Waals surface area contributed by atoms with Crippen LogP contribution in [-0.4, -0.2) is 40.1 Å². The molecule has 0 aliphatic carbocycles. The van der Waals surface area contributed by atoms with Crippen LogP contribution in [-0.2, 0) is 23.2 Å². The molecule has 13 heteroatoms. The third kappa shape index (κ3) is 3.79. The Morgan fingerprint density at radius 2 is 1.84 bits per heavy atom. The third-order valence-corrected chi connectivity index (χ3v) is 5.83. The van der Waals surface area contributed by atoms with E-state index in [1.165, 1.54) is 23.9 Å². The van der Waals surface area contributed by atoms with Gasteiger partial charge in [0.1, 0.15) is 16.3 Å². The fourth-order valence-corrected chi connectivity index (χ4v) is 3.99. The minimum Gasteiger partial charge on any atom is -0.494 e. The first kappa shape index (κ1) is 20.7. The lowest BCUT2D eigenvalue weighted by molar-refractivity contribution is -0.137. The fourth-order valence-electron chi connectivity index (χ4n) is 2.97. The van der Waals surface area contributed by atoms with E-state index in [0.717, 1.165) is 17.1 Å². The zero-order chi connectivity index (χ0) is 22.4. The molecule has 0 saturated carbocycles. The first-order valence-electron chi connectivity index (χ1n) is 8.70. The van der Waals surface area contributed by atoms with Crippen molar-refractivity contribution in [2.24, 2.45) is 7.05 Å². The van der Waals surface area contributed by atoms with Crippen LogP contribution in [0.2, 0.25) is 0 Å². The molecular weight excluding hydrogens is 437 g/mol. The first-order chi connectivity index (χ1) is 14.6. The lowest BCUT2D eigenvalue weighted by Gasteiger charge is -2.14. The second kappa shape index (κ2) is 7.27. The average molecular weight is 452 g/mol. The predicted molar refractivity (Wildman–Crippen MR) is 104 cm³/mol. The van der Waals surface area contributed by atoms with Gasteiger partial charge in [-0.1, -0.05) is 0 Å². The summed E-state index contributed by atoms with van der Waals surface area (Å²) in [5.74, 6) is 0.321. The molecule has 0 bridgehead atoms. The maximum absolute atomic E-state index is 12.9. The number of hydrogen-bond acceptors (Lipinski definition) is 6. The second-order valence-electron chi connectivity index (χ2n) is 6.48. The van der Waals surface area contributed by atoms with Gasteiger partial charge >= 0.3 is 6.18 Å². The van der Waals surface area contributed by atoms with Crippen LogP contribution in [0, 0.1) is 0 Å². The van der Waals surface area contributed by atoms with Crippen LogP contribution in [0.1, 0.15) is 5.56 Å². The van der Waals surface area contributed by atoms with Crippen molar-refractivity contribution < 1.29 is 26.3 Å². The molecule has 0 saturated heterocycles. The Kier molecular flexibility index (Phi) is 4.84. The van der Waals surface area contributed by atoms with Gasteiger partial charge in [-0.25, -0.2) is 18.1 Å². The van der Waals surface area contributed by atoms with E-state index in [1.54, 1.807) is 25.4 Å². The van der Waals surface area contributed by atoms with Gasteiger partial charge in [0.2, 0.25) is 0 Å². The summed E-state index contributed by atoms with van der Waals surface area (Å²) in [4.78, 5) is 3.74. The quantitative estimate of drug-likeness (QED) is 0.499. The molecule has 1 N–H and O–H groups in total. The number of benzene rings is 1. The molecule has 0 atom stereocenters. The molecule has 0 fully saturated rings. The molecule has 0 radical (unpaired) electrons. The van der Waals surface area contributed by atoms with Crippen LogP contribution >= 0.6 is 0 Å². The van der Waals surface area contributed by atoms with Gasteiger partial charge in [-0.05, 0) is 24.3 Å². The highest BCUT2D eigenvalue weighted by molar-refractivity contribution is 7.92. The summed E-state index contributed by atoms with van der Waals surface area (Å²) in [6.45, 7) is 0. The molecule has 0 amide bonds. The van der Waals surface area contributed by atoms with Gasteiger partial charge in [0.05, 0.1) is 30.6 Å². The van der Waals surface area contributed by atoms with Gasteiger partial charge in [-0.2, -0.15) is 23.4 Å². The summed E-state index contributed by atoms with van der Waals surface area (Å²) >= 11 is 0. The lowest BCUT2D eigenvalue weighted by Crippen LogP contribution is -2.15. The molecule has 9 nitrogen and oxygen atoms in total. The monoisotopic (exact) mass is 452 g/mol. The molecule has 0 spiro atoms. The van der Waals surface area contributed by atoms with Crippen LogP contribution in [0.15, 0.2) is 53.9 Å². The largest absolute Gasteiger partial charge is 0.494 e. The standard InChI is InChI=1S/C18H15F3N6O3S/c1-26-17-11(7-23-26)3-5-14(30-2)16(17)25-31(28,29)13-4-6-15(22-9-13)27-10-12(8-24-27)18(19,20)21/h3-10,25H,1-2H3. The number of rotatable bonds is 5. The maximum atomic E-state index is 12.9. The molecule has 0 aliphatic rings. The number of nitrogens with zero attached hydrogens (tertiary/aromatic N) is 5. The van der Waals surface area contributed by atoms with Crippen molar-refractivity contribution in [2.45, 2.75) is 11.1 Å². The molecule has 4 rings (SSSR count). The summed E-state index contributed by atoms with van der Waals surface area (Å²) < 4.78 is 74.3. The normalized spacial score (nSPS) is 12.3. The number of halogens is 3. The van der Waals surface area contributed by atoms with Crippen molar-refractivity contribution in [3.8, 4) is 11.6 Å². The highest BCUT2D eigenvalue weighted by atomic mass is 32.2. The Bertz CT molecular complexity index is 1360. The minimum atomic E-state index is -4.54. The molecule has 1 aromatic carbocycles. The number of alkyl halides is 3. The highest BCUT2D eigenvalue weighted by Gasteiger charge is 2.32. The number of nitrogens with one attached hydrogen (secondary N) is 1. The Morgan fingerprint density at radius 3 is 2.45 bits per heavy atom. The summed E-state index contributed by atoms with van der Waals surface area (Å²) in [6.07, 6.45) is -0.501. The van der Waals surface area contributed by atoms with Crippen molar-refractivity contribution in [1.29, 1.82) is 0 Å². The van der Waals surface area contributed by atoms with Crippen molar-refractivity contribution in [1.82, 2.24) is 24.5 Å². The molecular formula is C18H15F3N6O3S. The van der Waals surface area contributed by atoms with Crippen molar-refractivity contribution in [2.75, 3.05) is 11.8 Å². The van der Waals surface area contributed by atoms with Gasteiger partial charge in [-0.15, -0.1) is 0 Å². The highest BCUT2D eigenvalue weighted by Crippen LogP contribution is 2.34. The van der Waals surface area contributed by atoms with Crippen molar-refractivity contribution >= 4 is 26.6 Å². The number of aryl methyl sites for hydroxylation is 1. The Morgan fingerprint density at radius 1 is 1.06 bits per heavy atom. The van der Waals surface area contributed by atoms with E-state index in [9.17, 15) is 21.6 Å². The lowest BCUT2D eigenvalue weighted by atomic mass is 10.2. The van der Waals surface area contributed by atoms with Crippen LogP contribution in [0.4, 0.5) is 18.9 Å². The Balaban J connectivity index is 1.67. The van der Waals surface area contributed by atoms with E-state index in [1.807, 2.05) is 0 Å². The fraction of sp³-hybridized carbons (Fsp3) is 0.167. The van der Waals surface area contributed by atoms with Crippen LogP contribution < -0.4 is 9.46 Å². The van der Waals surface area contributed by atoms with E-state index in [4.69, 9.17) is 4.74 Å². The molecule has 4 aromatic rings. The van der Waals surface area contributed by atoms with Crippen LogP contribution in [0.3, 0.4) is 0 Å². The summed E-state index contributed by atoms with van der Waals surface area (Å²) in [5, 5.41) is 8.44. The smallest absolute Gasteiger partial charge is 0.419 e. The molecule has 31 heavy (non-hydrogen) atoms. The van der Waals surface area contributed by atoms with Crippen molar-refractivity contribution in [3.63, 3.8) is 0 Å². The second-order valence-corrected chi connectivity index (χ2v) is 8.16. The number of anilines is 1.